The van der Waals surface area contributed by atoms with E-state index in [0.29, 0.717) is 11.8 Å². The van der Waals surface area contributed by atoms with E-state index in [0.717, 1.165) is 45.3 Å². The lowest BCUT2D eigenvalue weighted by molar-refractivity contribution is -0.134. The van der Waals surface area contributed by atoms with Crippen LogP contribution in [0.15, 0.2) is 42.5 Å². The van der Waals surface area contributed by atoms with E-state index in [-0.39, 0.29) is 18.4 Å². The molecule has 1 unspecified atom stereocenters. The first-order valence-electron chi connectivity index (χ1n) is 8.83. The molecule has 1 amide bonds. The van der Waals surface area contributed by atoms with E-state index < -0.39 is 0 Å². The summed E-state index contributed by atoms with van der Waals surface area (Å²) in [6.07, 6.45) is 4.28. The second-order valence-electron chi connectivity index (χ2n) is 6.82. The van der Waals surface area contributed by atoms with Crippen molar-refractivity contribution in [3.63, 3.8) is 0 Å². The van der Waals surface area contributed by atoms with Crippen LogP contribution in [0.5, 0.6) is 0 Å². The molecule has 0 radical (unpaired) electrons. The number of likely N-dealkylation sites (tertiary alicyclic amines) is 1. The standard InChI is InChI=1S/C20H24N2O.ClH/c23-20(19-9-4-12-21-19)22-13-10-16(11-14-22)18-8-3-6-15-5-1-2-7-17(15)18;/h1-3,5-8,16,19,21H,4,9-14H2;1H. The van der Waals surface area contributed by atoms with Crippen molar-refractivity contribution in [2.75, 3.05) is 19.6 Å². The van der Waals surface area contributed by atoms with E-state index in [9.17, 15) is 4.79 Å². The molecule has 0 saturated carbocycles. The second-order valence-corrected chi connectivity index (χ2v) is 6.82. The Morgan fingerprint density at radius 1 is 1.00 bits per heavy atom. The second kappa shape index (κ2) is 7.54. The van der Waals surface area contributed by atoms with Gasteiger partial charge in [0.05, 0.1) is 6.04 Å². The van der Waals surface area contributed by atoms with Crippen molar-refractivity contribution in [2.24, 2.45) is 0 Å². The summed E-state index contributed by atoms with van der Waals surface area (Å²) in [6.45, 7) is 2.78. The van der Waals surface area contributed by atoms with E-state index in [4.69, 9.17) is 0 Å². The van der Waals surface area contributed by atoms with Gasteiger partial charge in [0, 0.05) is 13.1 Å². The summed E-state index contributed by atoms with van der Waals surface area (Å²) in [5.74, 6) is 0.889. The molecular weight excluding hydrogens is 320 g/mol. The number of nitrogens with one attached hydrogen (secondary N) is 1. The molecule has 0 aromatic heterocycles. The molecule has 2 aromatic carbocycles. The van der Waals surface area contributed by atoms with Crippen LogP contribution in [0, 0.1) is 0 Å². The van der Waals surface area contributed by atoms with Crippen LogP contribution in [0.1, 0.15) is 37.2 Å². The predicted molar refractivity (Wildman–Crippen MR) is 101 cm³/mol. The smallest absolute Gasteiger partial charge is 0.239 e. The van der Waals surface area contributed by atoms with Crippen LogP contribution in [-0.2, 0) is 4.79 Å². The largest absolute Gasteiger partial charge is 0.341 e. The van der Waals surface area contributed by atoms with Crippen molar-refractivity contribution >= 4 is 29.1 Å². The van der Waals surface area contributed by atoms with E-state index in [1.54, 1.807) is 0 Å². The Morgan fingerprint density at radius 2 is 1.75 bits per heavy atom. The zero-order valence-electron chi connectivity index (χ0n) is 13.9. The Morgan fingerprint density at radius 3 is 2.50 bits per heavy atom. The normalized spacial score (nSPS) is 21.7. The van der Waals surface area contributed by atoms with Crippen LogP contribution < -0.4 is 5.32 Å². The SMILES string of the molecule is Cl.O=C(C1CCCN1)N1CCC(c2cccc3ccccc23)CC1. The van der Waals surface area contributed by atoms with Crippen LogP contribution in [0.3, 0.4) is 0 Å². The topological polar surface area (TPSA) is 32.3 Å². The highest BCUT2D eigenvalue weighted by Crippen LogP contribution is 2.33. The van der Waals surface area contributed by atoms with Gasteiger partial charge in [-0.3, -0.25) is 4.79 Å². The van der Waals surface area contributed by atoms with Gasteiger partial charge in [-0.05, 0) is 54.5 Å². The monoisotopic (exact) mass is 344 g/mol. The highest BCUT2D eigenvalue weighted by atomic mass is 35.5. The lowest BCUT2D eigenvalue weighted by atomic mass is 9.86. The van der Waals surface area contributed by atoms with Crippen LogP contribution >= 0.6 is 12.4 Å². The number of carbonyl (C=O) groups is 1. The maximum Gasteiger partial charge on any atom is 0.239 e. The number of halogens is 1. The maximum atomic E-state index is 12.5. The minimum Gasteiger partial charge on any atom is -0.341 e. The van der Waals surface area contributed by atoms with Crippen molar-refractivity contribution in [1.82, 2.24) is 10.2 Å². The first kappa shape index (κ1) is 17.2. The Balaban J connectivity index is 0.00000169. The number of fused-ring (bicyclic) bond motifs is 1. The van der Waals surface area contributed by atoms with Gasteiger partial charge in [-0.15, -0.1) is 12.4 Å². The summed E-state index contributed by atoms with van der Waals surface area (Å²) < 4.78 is 0. The molecule has 4 heteroatoms. The number of carbonyl (C=O) groups excluding carboxylic acids is 1. The Bertz CT molecular complexity index is 698. The first-order chi connectivity index (χ1) is 11.3. The highest BCUT2D eigenvalue weighted by Gasteiger charge is 2.30. The summed E-state index contributed by atoms with van der Waals surface area (Å²) >= 11 is 0. The van der Waals surface area contributed by atoms with Gasteiger partial charge >= 0.3 is 0 Å². The number of rotatable bonds is 2. The summed E-state index contributed by atoms with van der Waals surface area (Å²) in [7, 11) is 0. The van der Waals surface area contributed by atoms with E-state index in [2.05, 4.69) is 52.7 Å². The molecule has 2 saturated heterocycles. The summed E-state index contributed by atoms with van der Waals surface area (Å²) in [6, 6.07) is 15.3. The molecule has 4 rings (SSSR count). The molecule has 1 atom stereocenters. The first-order valence-corrected chi connectivity index (χ1v) is 8.83. The molecule has 0 aliphatic carbocycles. The average Bonchev–Trinajstić information content (AvgIpc) is 3.15. The highest BCUT2D eigenvalue weighted by molar-refractivity contribution is 5.86. The molecule has 128 valence electrons. The fraction of sp³-hybridized carbons (Fsp3) is 0.450. The number of benzene rings is 2. The van der Waals surface area contributed by atoms with Crippen molar-refractivity contribution in [2.45, 2.75) is 37.6 Å². The van der Waals surface area contributed by atoms with Crippen molar-refractivity contribution in [1.29, 1.82) is 0 Å². The predicted octanol–water partition coefficient (Wildman–Crippen LogP) is 3.72. The Kier molecular flexibility index (Phi) is 5.42. The molecular formula is C20H25ClN2O. The lowest BCUT2D eigenvalue weighted by Crippen LogP contribution is -2.46. The number of hydrogen-bond acceptors (Lipinski definition) is 2. The third kappa shape index (κ3) is 3.28. The van der Waals surface area contributed by atoms with E-state index in [1.165, 1.54) is 16.3 Å². The number of amides is 1. The minimum atomic E-state index is 0. The summed E-state index contributed by atoms with van der Waals surface area (Å²) in [5, 5.41) is 6.02. The van der Waals surface area contributed by atoms with Gasteiger partial charge in [0.1, 0.15) is 0 Å². The molecule has 0 spiro atoms. The lowest BCUT2D eigenvalue weighted by Gasteiger charge is -2.34. The van der Waals surface area contributed by atoms with Crippen molar-refractivity contribution in [3.8, 4) is 0 Å². The van der Waals surface area contributed by atoms with Crippen LogP contribution in [0.4, 0.5) is 0 Å². The molecule has 24 heavy (non-hydrogen) atoms. The zero-order chi connectivity index (χ0) is 15.6. The van der Waals surface area contributed by atoms with Crippen LogP contribution in [0.2, 0.25) is 0 Å². The minimum absolute atomic E-state index is 0. The van der Waals surface area contributed by atoms with Gasteiger partial charge in [-0.2, -0.15) is 0 Å². The van der Waals surface area contributed by atoms with Crippen molar-refractivity contribution in [3.05, 3.63) is 48.0 Å². The third-order valence-corrected chi connectivity index (χ3v) is 5.43. The fourth-order valence-corrected chi connectivity index (χ4v) is 4.13. The van der Waals surface area contributed by atoms with Gasteiger partial charge in [0.25, 0.3) is 0 Å². The summed E-state index contributed by atoms with van der Waals surface area (Å²) in [5.41, 5.74) is 1.45. The number of nitrogens with zero attached hydrogens (tertiary/aromatic N) is 1. The molecule has 2 heterocycles. The molecule has 1 N–H and O–H groups in total. The van der Waals surface area contributed by atoms with Crippen LogP contribution in [0.25, 0.3) is 10.8 Å². The number of hydrogen-bond donors (Lipinski definition) is 1. The van der Waals surface area contributed by atoms with Gasteiger partial charge in [-0.25, -0.2) is 0 Å². The Hall–Kier alpha value is -1.58. The zero-order valence-corrected chi connectivity index (χ0v) is 14.7. The van der Waals surface area contributed by atoms with Crippen LogP contribution in [-0.4, -0.2) is 36.5 Å². The fourth-order valence-electron chi connectivity index (χ4n) is 4.13. The molecule has 2 aliphatic rings. The van der Waals surface area contributed by atoms with Gasteiger partial charge in [-0.1, -0.05) is 42.5 Å². The molecule has 2 aliphatic heterocycles. The molecule has 2 aromatic rings. The maximum absolute atomic E-state index is 12.5. The number of piperidine rings is 1. The third-order valence-electron chi connectivity index (χ3n) is 5.43. The molecule has 0 bridgehead atoms. The Labute approximate surface area is 149 Å². The molecule has 3 nitrogen and oxygen atoms in total. The van der Waals surface area contributed by atoms with Gasteiger partial charge < -0.3 is 10.2 Å². The quantitative estimate of drug-likeness (QED) is 0.900. The molecule has 2 fully saturated rings. The summed E-state index contributed by atoms with van der Waals surface area (Å²) in [4.78, 5) is 14.6. The van der Waals surface area contributed by atoms with E-state index >= 15 is 0 Å². The van der Waals surface area contributed by atoms with Gasteiger partial charge in [0.2, 0.25) is 5.91 Å². The average molecular weight is 345 g/mol. The van der Waals surface area contributed by atoms with Crippen molar-refractivity contribution < 1.29 is 4.79 Å². The van der Waals surface area contributed by atoms with Gasteiger partial charge in [0.15, 0.2) is 0 Å². The van der Waals surface area contributed by atoms with E-state index in [1.807, 2.05) is 0 Å².